The van der Waals surface area contributed by atoms with Gasteiger partial charge in [-0.1, -0.05) is 6.42 Å². The molecular weight excluding hydrogens is 638 g/mol. The van der Waals surface area contributed by atoms with Crippen LogP contribution in [0.1, 0.15) is 48.9 Å². The van der Waals surface area contributed by atoms with E-state index in [2.05, 4.69) is 36.4 Å². The van der Waals surface area contributed by atoms with E-state index in [1.54, 1.807) is 0 Å². The first kappa shape index (κ1) is 37.2. The number of fused-ring (bicyclic) bond motifs is 1. The van der Waals surface area contributed by atoms with Gasteiger partial charge >= 0.3 is 6.03 Å². The Morgan fingerprint density at radius 1 is 0.870 bits per heavy atom. The highest BCUT2D eigenvalue weighted by Gasteiger charge is 2.42. The molecule has 3 unspecified atom stereocenters. The second kappa shape index (κ2) is 20.0. The molecule has 1 aromatic rings. The van der Waals surface area contributed by atoms with E-state index >= 15 is 0 Å². The van der Waals surface area contributed by atoms with E-state index in [0.29, 0.717) is 51.1 Å². The Morgan fingerprint density at radius 2 is 1.48 bits per heavy atom. The average Bonchev–Trinajstić information content (AvgIpc) is 3.59. The first-order valence-electron chi connectivity index (χ1n) is 15.1. The topological polar surface area (TPSA) is 166 Å². The van der Waals surface area contributed by atoms with Crippen LogP contribution in [0.15, 0.2) is 10.2 Å². The van der Waals surface area contributed by atoms with E-state index < -0.39 is 40.4 Å². The van der Waals surface area contributed by atoms with Gasteiger partial charge in [-0.2, -0.15) is 11.8 Å². The zero-order chi connectivity index (χ0) is 33.3. The zero-order valence-electron chi connectivity index (χ0n) is 25.5. The third kappa shape index (κ3) is 11.5. The van der Waals surface area contributed by atoms with Gasteiger partial charge in [0.25, 0.3) is 5.91 Å². The second-order valence-electron chi connectivity index (χ2n) is 10.4. The molecule has 4 amide bonds. The van der Waals surface area contributed by atoms with E-state index in [0.717, 1.165) is 32.1 Å². The van der Waals surface area contributed by atoms with Crippen molar-refractivity contribution >= 4 is 35.3 Å². The number of carbonyl (C=O) groups excluding carboxylic acids is 3. The van der Waals surface area contributed by atoms with Crippen LogP contribution in [0.4, 0.5) is 28.0 Å². The first-order valence-corrected chi connectivity index (χ1v) is 16.1. The molecule has 3 rings (SSSR count). The van der Waals surface area contributed by atoms with Crippen LogP contribution in [-0.4, -0.2) is 101 Å². The second-order valence-corrected chi connectivity index (χ2v) is 11.7. The average molecular weight is 679 g/mol. The van der Waals surface area contributed by atoms with Gasteiger partial charge in [-0.3, -0.25) is 9.59 Å². The van der Waals surface area contributed by atoms with E-state index in [1.807, 2.05) is 11.8 Å². The Kier molecular flexibility index (Phi) is 16.2. The minimum Gasteiger partial charge on any atom is -0.379 e. The standard InChI is InChI=1S/C28H39F4N7O6S/c1-33-39-38-26-23(31)21(29)20(22(30)24(26)32)27(41)35-9-5-11-44-13-15-45-14-12-43-10-4-8-34-19(40)7-3-2-6-18-25-17(16-46-18)36-28(42)37-25/h17-18,25H,2-16H2,1H3,(H3-,34,35,36,37,40,41,42)/p+1. The number of hydrogen-bond donors (Lipinski definition) is 4. The number of amides is 4. The molecule has 2 aliphatic heterocycles. The van der Waals surface area contributed by atoms with Crippen molar-refractivity contribution in [3.63, 3.8) is 0 Å². The summed E-state index contributed by atoms with van der Waals surface area (Å²) >= 11 is 1.87. The fourth-order valence-electron chi connectivity index (χ4n) is 4.77. The lowest BCUT2D eigenvalue weighted by Gasteiger charge is -2.16. The van der Waals surface area contributed by atoms with E-state index in [4.69, 9.17) is 14.2 Å². The minimum absolute atomic E-state index is 0.0188. The normalized spacial score (nSPS) is 18.4. The molecule has 0 spiro atoms. The zero-order valence-corrected chi connectivity index (χ0v) is 26.4. The Balaban J connectivity index is 1.10. The van der Waals surface area contributed by atoms with Crippen LogP contribution in [-0.2, 0) is 19.0 Å². The highest BCUT2D eigenvalue weighted by atomic mass is 32.2. The molecule has 0 aliphatic carbocycles. The maximum atomic E-state index is 14.2. The fourth-order valence-corrected chi connectivity index (χ4v) is 6.31. The van der Waals surface area contributed by atoms with Crippen LogP contribution in [0.5, 0.6) is 0 Å². The molecule has 0 radical (unpaired) electrons. The molecule has 0 aromatic heterocycles. The number of nitrogens with one attached hydrogen (secondary N) is 4. The van der Waals surface area contributed by atoms with Crippen LogP contribution in [0.2, 0.25) is 0 Å². The van der Waals surface area contributed by atoms with Gasteiger partial charge in [-0.15, -0.1) is 0 Å². The maximum absolute atomic E-state index is 14.2. The fraction of sp³-hybridized carbons (Fsp3) is 0.679. The minimum atomic E-state index is -1.89. The Hall–Kier alpha value is -3.31. The highest BCUT2D eigenvalue weighted by molar-refractivity contribution is 8.00. The van der Waals surface area contributed by atoms with E-state index in [-0.39, 0.29) is 50.2 Å². The smallest absolute Gasteiger partial charge is 0.315 e. The number of unbranched alkanes of at least 4 members (excludes halogenated alkanes) is 1. The Labute approximate surface area is 268 Å². The number of carbonyl (C=O) groups is 3. The molecule has 46 heavy (non-hydrogen) atoms. The maximum Gasteiger partial charge on any atom is 0.315 e. The van der Waals surface area contributed by atoms with Crippen molar-refractivity contribution in [1.29, 1.82) is 0 Å². The van der Waals surface area contributed by atoms with Crippen molar-refractivity contribution in [3.05, 3.63) is 28.8 Å². The van der Waals surface area contributed by atoms with Crippen LogP contribution in [0, 0.1) is 23.3 Å². The Morgan fingerprint density at radius 3 is 2.11 bits per heavy atom. The number of benzene rings is 1. The van der Waals surface area contributed by atoms with Gasteiger partial charge in [-0.05, 0) is 25.7 Å². The molecule has 0 bridgehead atoms. The summed E-state index contributed by atoms with van der Waals surface area (Å²) in [6.07, 6.45) is 4.15. The predicted molar refractivity (Wildman–Crippen MR) is 160 cm³/mol. The molecule has 2 aliphatic rings. The molecule has 2 fully saturated rings. The molecular formula is C28H40F4N7O6S+. The third-order valence-electron chi connectivity index (χ3n) is 7.06. The van der Waals surface area contributed by atoms with Gasteiger partial charge in [-0.25, -0.2) is 22.4 Å². The summed E-state index contributed by atoms with van der Waals surface area (Å²) < 4.78 is 72.6. The number of hydrogen-bond acceptors (Lipinski definition) is 9. The number of rotatable bonds is 21. The molecule has 256 valence electrons. The van der Waals surface area contributed by atoms with E-state index in [9.17, 15) is 31.9 Å². The van der Waals surface area contributed by atoms with Crippen molar-refractivity contribution in [2.45, 2.75) is 55.9 Å². The molecule has 4 N–H and O–H groups in total. The Bertz CT molecular complexity index is 1230. The third-order valence-corrected chi connectivity index (χ3v) is 8.57. The largest absolute Gasteiger partial charge is 0.379 e. The monoisotopic (exact) mass is 678 g/mol. The molecule has 2 heterocycles. The van der Waals surface area contributed by atoms with Crippen molar-refractivity contribution in [1.82, 2.24) is 26.2 Å². The summed E-state index contributed by atoms with van der Waals surface area (Å²) in [6.45, 7) is 2.41. The van der Waals surface area contributed by atoms with Gasteiger partial charge < -0.3 is 35.5 Å². The molecule has 18 heteroatoms. The first-order chi connectivity index (χ1) is 22.2. The van der Waals surface area contributed by atoms with Crippen LogP contribution >= 0.6 is 11.8 Å². The summed E-state index contributed by atoms with van der Waals surface area (Å²) in [5, 5.41) is 17.5. The lowest BCUT2D eigenvalue weighted by Crippen LogP contribution is -2.36. The van der Waals surface area contributed by atoms with Crippen molar-refractivity contribution in [2.24, 2.45) is 10.2 Å². The van der Waals surface area contributed by atoms with Crippen LogP contribution in [0.3, 0.4) is 0 Å². The van der Waals surface area contributed by atoms with Crippen LogP contribution < -0.4 is 26.2 Å². The van der Waals surface area contributed by atoms with Gasteiger partial charge in [0.2, 0.25) is 16.5 Å². The predicted octanol–water partition coefficient (Wildman–Crippen LogP) is 2.88. The summed E-state index contributed by atoms with van der Waals surface area (Å²) in [5.41, 5.74) is -2.72. The molecule has 0 saturated carbocycles. The SMILES string of the molecule is CN=[N+]=Nc1c(F)c(F)c(C(=O)NCCCOCCOCCOCCCNC(=O)CCCCC2SCC3NC(=O)NC32)c(F)c1F. The number of urea groups is 1. The van der Waals surface area contributed by atoms with Gasteiger partial charge in [0, 0.05) is 43.7 Å². The summed E-state index contributed by atoms with van der Waals surface area (Å²) in [6, 6.07) is 0.322. The number of halogens is 4. The molecule has 1 aromatic carbocycles. The number of thioether (sulfide) groups is 1. The van der Waals surface area contributed by atoms with E-state index in [1.165, 1.54) is 0 Å². The molecule has 13 nitrogen and oxygen atoms in total. The molecule has 2 saturated heterocycles. The number of nitrogens with zero attached hydrogens (tertiary/aromatic N) is 3. The van der Waals surface area contributed by atoms with Crippen molar-refractivity contribution in [3.8, 4) is 0 Å². The summed E-state index contributed by atoms with van der Waals surface area (Å²) in [7, 11) is 1.14. The highest BCUT2D eigenvalue weighted by Crippen LogP contribution is 2.33. The van der Waals surface area contributed by atoms with Crippen LogP contribution in [0.25, 0.3) is 0 Å². The van der Waals surface area contributed by atoms with Gasteiger partial charge in [0.05, 0.1) is 38.5 Å². The summed E-state index contributed by atoms with van der Waals surface area (Å²) in [5.74, 6) is -7.87. The van der Waals surface area contributed by atoms with Gasteiger partial charge in [0.15, 0.2) is 28.4 Å². The number of ether oxygens (including phenoxy) is 3. The van der Waals surface area contributed by atoms with Crippen molar-refractivity contribution < 1.29 is 46.2 Å². The lowest BCUT2D eigenvalue weighted by molar-refractivity contribution is -0.121. The quantitative estimate of drug-likeness (QED) is 0.0388. The summed E-state index contributed by atoms with van der Waals surface area (Å²) in [4.78, 5) is 38.5. The van der Waals surface area contributed by atoms with Crippen molar-refractivity contribution in [2.75, 3.05) is 65.5 Å². The lowest BCUT2D eigenvalue weighted by atomic mass is 10.0. The molecule has 3 atom stereocenters. The van der Waals surface area contributed by atoms with Gasteiger partial charge in [0.1, 0.15) is 17.7 Å².